The summed E-state index contributed by atoms with van der Waals surface area (Å²) in [7, 11) is 0. The molecule has 2 aromatic heterocycles. The molecule has 0 aliphatic rings. The number of esters is 1. The highest BCUT2D eigenvalue weighted by atomic mass is 35.5. The second-order valence-electron chi connectivity index (χ2n) is 5.40. The number of hydrogen-bond donors (Lipinski definition) is 1. The normalized spacial score (nSPS) is 10.3. The van der Waals surface area contributed by atoms with Crippen LogP contribution in [0.15, 0.2) is 41.8 Å². The molecule has 3 rings (SSSR count). The lowest BCUT2D eigenvalue weighted by molar-refractivity contribution is -0.119. The second kappa shape index (κ2) is 8.03. The minimum absolute atomic E-state index is 0.0992. The predicted molar refractivity (Wildman–Crippen MR) is 101 cm³/mol. The number of aromatic nitrogens is 2. The zero-order chi connectivity index (χ0) is 19.4. The SMILES string of the molecule is Cc1nn(-c2ccccc2)c(Cl)c1C(=O)OCC(=O)Nc1sccc1C#N. The van der Waals surface area contributed by atoms with Crippen LogP contribution in [0.25, 0.3) is 5.69 Å². The topological polar surface area (TPSA) is 97.0 Å². The molecule has 0 saturated carbocycles. The van der Waals surface area contributed by atoms with Crippen LogP contribution in [0.4, 0.5) is 5.00 Å². The molecule has 1 N–H and O–H groups in total. The van der Waals surface area contributed by atoms with Gasteiger partial charge in [0.2, 0.25) is 0 Å². The molecule has 27 heavy (non-hydrogen) atoms. The first kappa shape index (κ1) is 18.6. The number of benzene rings is 1. The maximum Gasteiger partial charge on any atom is 0.343 e. The summed E-state index contributed by atoms with van der Waals surface area (Å²) in [6.45, 7) is 1.13. The summed E-state index contributed by atoms with van der Waals surface area (Å²) in [5, 5.41) is 17.9. The highest BCUT2D eigenvalue weighted by molar-refractivity contribution is 7.14. The predicted octanol–water partition coefficient (Wildman–Crippen LogP) is 3.56. The largest absolute Gasteiger partial charge is 0.452 e. The maximum atomic E-state index is 12.4. The van der Waals surface area contributed by atoms with Crippen molar-refractivity contribution >= 4 is 39.8 Å². The van der Waals surface area contributed by atoms with Gasteiger partial charge in [-0.05, 0) is 30.5 Å². The molecule has 0 aliphatic carbocycles. The lowest BCUT2D eigenvalue weighted by Gasteiger charge is -2.06. The number of ether oxygens (including phenoxy) is 1. The second-order valence-corrected chi connectivity index (χ2v) is 6.67. The van der Waals surface area contributed by atoms with E-state index in [0.717, 1.165) is 0 Å². The Kier molecular flexibility index (Phi) is 5.54. The Balaban J connectivity index is 1.69. The molecule has 1 amide bonds. The third-order valence-electron chi connectivity index (χ3n) is 3.58. The van der Waals surface area contributed by atoms with Crippen LogP contribution in [-0.2, 0) is 9.53 Å². The average Bonchev–Trinajstić information content (AvgIpc) is 3.24. The first-order valence-corrected chi connectivity index (χ1v) is 9.02. The van der Waals surface area contributed by atoms with Crippen LogP contribution in [0, 0.1) is 18.3 Å². The van der Waals surface area contributed by atoms with E-state index in [9.17, 15) is 9.59 Å². The molecule has 136 valence electrons. The van der Waals surface area contributed by atoms with Gasteiger partial charge in [0.1, 0.15) is 21.8 Å². The molecule has 3 aromatic rings. The number of nitrogens with one attached hydrogen (secondary N) is 1. The third-order valence-corrected chi connectivity index (χ3v) is 4.76. The van der Waals surface area contributed by atoms with Crippen molar-refractivity contribution in [2.24, 2.45) is 0 Å². The number of hydrogen-bond acceptors (Lipinski definition) is 6. The quantitative estimate of drug-likeness (QED) is 0.660. The number of nitrogens with zero attached hydrogens (tertiary/aromatic N) is 3. The fourth-order valence-electron chi connectivity index (χ4n) is 2.33. The molecule has 0 aliphatic heterocycles. The number of thiophene rings is 1. The van der Waals surface area contributed by atoms with Crippen molar-refractivity contribution in [1.82, 2.24) is 9.78 Å². The van der Waals surface area contributed by atoms with Gasteiger partial charge >= 0.3 is 5.97 Å². The zero-order valence-corrected chi connectivity index (χ0v) is 15.7. The van der Waals surface area contributed by atoms with Gasteiger partial charge in [0.05, 0.1) is 16.9 Å². The van der Waals surface area contributed by atoms with E-state index >= 15 is 0 Å². The molecule has 0 unspecified atom stereocenters. The highest BCUT2D eigenvalue weighted by Gasteiger charge is 2.23. The van der Waals surface area contributed by atoms with Crippen molar-refractivity contribution < 1.29 is 14.3 Å². The summed E-state index contributed by atoms with van der Waals surface area (Å²) in [6.07, 6.45) is 0. The standard InChI is InChI=1S/C18H13ClN4O3S/c1-11-15(16(19)23(22-11)13-5-3-2-4-6-13)18(25)26-10-14(24)21-17-12(9-20)7-8-27-17/h2-8H,10H2,1H3,(H,21,24). The van der Waals surface area contributed by atoms with E-state index in [1.165, 1.54) is 16.0 Å². The van der Waals surface area contributed by atoms with Gasteiger partial charge < -0.3 is 10.1 Å². The lowest BCUT2D eigenvalue weighted by Crippen LogP contribution is -2.21. The van der Waals surface area contributed by atoms with Crippen molar-refractivity contribution in [1.29, 1.82) is 5.26 Å². The van der Waals surface area contributed by atoms with Crippen molar-refractivity contribution in [2.45, 2.75) is 6.92 Å². The molecule has 0 bridgehead atoms. The van der Waals surface area contributed by atoms with E-state index in [-0.39, 0.29) is 10.7 Å². The number of carbonyl (C=O) groups is 2. The fourth-order valence-corrected chi connectivity index (χ4v) is 3.43. The summed E-state index contributed by atoms with van der Waals surface area (Å²) in [5.74, 6) is -1.30. The number of carbonyl (C=O) groups excluding carboxylic acids is 2. The fraction of sp³-hybridized carbons (Fsp3) is 0.111. The number of anilines is 1. The van der Waals surface area contributed by atoms with Gasteiger partial charge in [0.15, 0.2) is 6.61 Å². The smallest absolute Gasteiger partial charge is 0.343 e. The van der Waals surface area contributed by atoms with Gasteiger partial charge in [-0.3, -0.25) is 4.79 Å². The summed E-state index contributed by atoms with van der Waals surface area (Å²) < 4.78 is 6.48. The summed E-state index contributed by atoms with van der Waals surface area (Å²) in [6, 6.07) is 12.7. The molecule has 7 nitrogen and oxygen atoms in total. The van der Waals surface area contributed by atoms with Crippen molar-refractivity contribution in [3.8, 4) is 11.8 Å². The van der Waals surface area contributed by atoms with Gasteiger partial charge in [-0.25, -0.2) is 9.48 Å². The van der Waals surface area contributed by atoms with E-state index in [1.807, 2.05) is 24.3 Å². The van der Waals surface area contributed by atoms with Crippen molar-refractivity contribution in [3.05, 3.63) is 63.8 Å². The van der Waals surface area contributed by atoms with Crippen LogP contribution in [0.3, 0.4) is 0 Å². The monoisotopic (exact) mass is 400 g/mol. The Morgan fingerprint density at radius 1 is 1.33 bits per heavy atom. The Morgan fingerprint density at radius 3 is 2.78 bits per heavy atom. The minimum atomic E-state index is -0.749. The van der Waals surface area contributed by atoms with Crippen LogP contribution < -0.4 is 5.32 Å². The first-order valence-electron chi connectivity index (χ1n) is 7.76. The van der Waals surface area contributed by atoms with Crippen LogP contribution in [0.2, 0.25) is 5.15 Å². The van der Waals surface area contributed by atoms with E-state index in [0.29, 0.717) is 21.9 Å². The number of amides is 1. The summed E-state index contributed by atoms with van der Waals surface area (Å²) in [5.41, 5.74) is 1.54. The molecule has 2 heterocycles. The van der Waals surface area contributed by atoms with Crippen LogP contribution >= 0.6 is 22.9 Å². The van der Waals surface area contributed by atoms with E-state index < -0.39 is 18.5 Å². The molecule has 1 aromatic carbocycles. The molecule has 9 heteroatoms. The average molecular weight is 401 g/mol. The number of nitriles is 1. The third kappa shape index (κ3) is 4.00. The van der Waals surface area contributed by atoms with E-state index in [2.05, 4.69) is 10.4 Å². The number of aryl methyl sites for hydroxylation is 1. The Morgan fingerprint density at radius 2 is 2.07 bits per heavy atom. The molecule has 0 atom stereocenters. The molecule has 0 fully saturated rings. The van der Waals surface area contributed by atoms with Crippen LogP contribution in [0.5, 0.6) is 0 Å². The lowest BCUT2D eigenvalue weighted by atomic mass is 10.2. The Labute approximate surface area is 163 Å². The van der Waals surface area contributed by atoms with Gasteiger partial charge in [0.25, 0.3) is 5.91 Å². The van der Waals surface area contributed by atoms with Gasteiger partial charge in [-0.15, -0.1) is 11.3 Å². The highest BCUT2D eigenvalue weighted by Crippen LogP contribution is 2.25. The van der Waals surface area contributed by atoms with E-state index in [4.69, 9.17) is 21.6 Å². The van der Waals surface area contributed by atoms with Gasteiger partial charge in [-0.2, -0.15) is 10.4 Å². The van der Waals surface area contributed by atoms with Crippen molar-refractivity contribution in [3.63, 3.8) is 0 Å². The number of rotatable bonds is 5. The maximum absolute atomic E-state index is 12.4. The van der Waals surface area contributed by atoms with Crippen molar-refractivity contribution in [2.75, 3.05) is 11.9 Å². The van der Waals surface area contributed by atoms with Crippen LogP contribution in [-0.4, -0.2) is 28.3 Å². The number of para-hydroxylation sites is 1. The first-order chi connectivity index (χ1) is 13.0. The summed E-state index contributed by atoms with van der Waals surface area (Å²) in [4.78, 5) is 24.3. The number of halogens is 1. The minimum Gasteiger partial charge on any atom is -0.452 e. The molecule has 0 spiro atoms. The molecule has 0 saturated heterocycles. The molecular formula is C18H13ClN4O3S. The van der Waals surface area contributed by atoms with Gasteiger partial charge in [-0.1, -0.05) is 29.8 Å². The Hall–Kier alpha value is -3.15. The molecular weight excluding hydrogens is 388 g/mol. The summed E-state index contributed by atoms with van der Waals surface area (Å²) >= 11 is 7.50. The van der Waals surface area contributed by atoms with Gasteiger partial charge in [0, 0.05) is 0 Å². The van der Waals surface area contributed by atoms with E-state index in [1.54, 1.807) is 30.5 Å². The zero-order valence-electron chi connectivity index (χ0n) is 14.1. The Bertz CT molecular complexity index is 1040. The van der Waals surface area contributed by atoms with Crippen LogP contribution in [0.1, 0.15) is 21.6 Å². The molecule has 0 radical (unpaired) electrons.